The predicted molar refractivity (Wildman–Crippen MR) is 132 cm³/mol. The Kier molecular flexibility index (Phi) is 6.13. The Hall–Kier alpha value is -3.01. The predicted octanol–water partition coefficient (Wildman–Crippen LogP) is 3.70. The molecule has 9 heteroatoms. The van der Waals surface area contributed by atoms with Gasteiger partial charge in [-0.05, 0) is 38.0 Å². The lowest BCUT2D eigenvalue weighted by atomic mass is 10.0. The lowest BCUT2D eigenvalue weighted by Gasteiger charge is -2.27. The third kappa shape index (κ3) is 5.00. The molecular weight excluding hydrogens is 438 g/mol. The number of anilines is 1. The first kappa shape index (κ1) is 23.2. The van der Waals surface area contributed by atoms with E-state index in [1.54, 1.807) is 0 Å². The van der Waals surface area contributed by atoms with Crippen molar-refractivity contribution in [3.8, 4) is 11.1 Å². The van der Waals surface area contributed by atoms with E-state index in [9.17, 15) is 8.42 Å². The quantitative estimate of drug-likeness (QED) is 0.409. The van der Waals surface area contributed by atoms with Crippen molar-refractivity contribution in [1.29, 1.82) is 0 Å². The summed E-state index contributed by atoms with van der Waals surface area (Å²) in [5.74, 6) is 0.997. The van der Waals surface area contributed by atoms with E-state index in [1.165, 1.54) is 0 Å². The van der Waals surface area contributed by atoms with Crippen LogP contribution < -0.4 is 10.5 Å². The molecule has 0 aliphatic heterocycles. The minimum Gasteiger partial charge on any atom is -0.382 e. The van der Waals surface area contributed by atoms with Crippen molar-refractivity contribution in [2.45, 2.75) is 39.5 Å². The molecule has 0 saturated carbocycles. The summed E-state index contributed by atoms with van der Waals surface area (Å²) in [7, 11) is -3.41. The Morgan fingerprint density at radius 3 is 2.48 bits per heavy atom. The molecule has 0 spiro atoms. The van der Waals surface area contributed by atoms with Gasteiger partial charge < -0.3 is 15.0 Å². The van der Waals surface area contributed by atoms with Gasteiger partial charge in [-0.1, -0.05) is 42.5 Å². The molecule has 0 aliphatic carbocycles. The van der Waals surface area contributed by atoms with Gasteiger partial charge in [0.15, 0.2) is 5.82 Å². The molecule has 2 aromatic carbocycles. The number of nitrogens with two attached hydrogens (primary N) is 1. The van der Waals surface area contributed by atoms with Crippen LogP contribution in [0.5, 0.6) is 0 Å². The van der Waals surface area contributed by atoms with Crippen molar-refractivity contribution >= 4 is 37.8 Å². The Morgan fingerprint density at radius 1 is 1.09 bits per heavy atom. The summed E-state index contributed by atoms with van der Waals surface area (Å²) in [6.45, 7) is 6.75. The van der Waals surface area contributed by atoms with Gasteiger partial charge in [-0.2, -0.15) is 0 Å². The number of nitrogen functional groups attached to an aromatic ring is 1. The highest BCUT2D eigenvalue weighted by molar-refractivity contribution is 7.88. The average Bonchev–Trinajstić information content (AvgIpc) is 3.09. The number of fused-ring (bicyclic) bond motifs is 3. The van der Waals surface area contributed by atoms with Crippen LogP contribution in [0.4, 0.5) is 5.82 Å². The standard InChI is InChI=1S/C24H29N5O3S/c1-5-32-14-20-27-21-22(29(20)15-24(2,3)28-33(4,30)31)18-12-11-17(13-19(18)26-23(21)25)16-9-7-6-8-10-16/h6-13,28H,5,14-15H2,1-4H3,(H2,25,26). The molecule has 4 rings (SSSR count). The van der Waals surface area contributed by atoms with Crippen LogP contribution >= 0.6 is 0 Å². The Labute approximate surface area is 193 Å². The fourth-order valence-corrected chi connectivity index (χ4v) is 5.24. The number of ether oxygens (including phenoxy) is 1. The van der Waals surface area contributed by atoms with Gasteiger partial charge in [0.1, 0.15) is 17.9 Å². The van der Waals surface area contributed by atoms with Crippen molar-refractivity contribution in [2.24, 2.45) is 0 Å². The molecule has 2 heterocycles. The molecule has 0 radical (unpaired) electrons. The summed E-state index contributed by atoms with van der Waals surface area (Å²) in [6, 6.07) is 16.2. The van der Waals surface area contributed by atoms with Gasteiger partial charge in [-0.15, -0.1) is 0 Å². The zero-order valence-corrected chi connectivity index (χ0v) is 20.1. The number of hydrogen-bond acceptors (Lipinski definition) is 6. The maximum Gasteiger partial charge on any atom is 0.209 e. The number of nitrogens with one attached hydrogen (secondary N) is 1. The van der Waals surface area contributed by atoms with Crippen LogP contribution in [-0.2, 0) is 27.9 Å². The van der Waals surface area contributed by atoms with Crippen LogP contribution in [0.25, 0.3) is 33.1 Å². The number of rotatable bonds is 8. The van der Waals surface area contributed by atoms with E-state index in [0.29, 0.717) is 30.3 Å². The second-order valence-electron chi connectivity index (χ2n) is 8.80. The first-order valence-electron chi connectivity index (χ1n) is 10.8. The zero-order valence-electron chi connectivity index (χ0n) is 19.3. The summed E-state index contributed by atoms with van der Waals surface area (Å²) in [6.07, 6.45) is 1.16. The second kappa shape index (κ2) is 8.74. The van der Waals surface area contributed by atoms with Crippen molar-refractivity contribution < 1.29 is 13.2 Å². The van der Waals surface area contributed by atoms with Gasteiger partial charge in [0, 0.05) is 24.1 Å². The Bertz CT molecular complexity index is 1410. The monoisotopic (exact) mass is 467 g/mol. The summed E-state index contributed by atoms with van der Waals surface area (Å²) in [5.41, 5.74) is 9.85. The first-order valence-corrected chi connectivity index (χ1v) is 12.7. The molecular formula is C24H29N5O3S. The van der Waals surface area contributed by atoms with E-state index in [-0.39, 0.29) is 6.61 Å². The molecule has 0 aliphatic rings. The minimum absolute atomic E-state index is 0.281. The number of nitrogens with zero attached hydrogens (tertiary/aromatic N) is 3. The normalized spacial score (nSPS) is 12.6. The average molecular weight is 468 g/mol. The Balaban J connectivity index is 1.93. The summed E-state index contributed by atoms with van der Waals surface area (Å²) >= 11 is 0. The van der Waals surface area contributed by atoms with Crippen LogP contribution in [-0.4, -0.2) is 41.4 Å². The molecule has 0 unspecified atom stereocenters. The van der Waals surface area contributed by atoms with E-state index < -0.39 is 15.6 Å². The van der Waals surface area contributed by atoms with Crippen molar-refractivity contribution in [3.63, 3.8) is 0 Å². The summed E-state index contributed by atoms with van der Waals surface area (Å²) < 4.78 is 34.2. The molecule has 2 aromatic heterocycles. The number of imidazole rings is 1. The summed E-state index contributed by atoms with van der Waals surface area (Å²) in [5, 5.41) is 0.893. The highest BCUT2D eigenvalue weighted by Gasteiger charge is 2.27. The molecule has 0 saturated heterocycles. The smallest absolute Gasteiger partial charge is 0.209 e. The van der Waals surface area contributed by atoms with Crippen molar-refractivity contribution in [1.82, 2.24) is 19.3 Å². The topological polar surface area (TPSA) is 112 Å². The highest BCUT2D eigenvalue weighted by atomic mass is 32.2. The zero-order chi connectivity index (χ0) is 23.8. The maximum atomic E-state index is 11.9. The van der Waals surface area contributed by atoms with Crippen LogP contribution in [0.15, 0.2) is 48.5 Å². The van der Waals surface area contributed by atoms with E-state index in [1.807, 2.05) is 67.8 Å². The molecule has 0 bridgehead atoms. The van der Waals surface area contributed by atoms with Crippen LogP contribution in [0.1, 0.15) is 26.6 Å². The van der Waals surface area contributed by atoms with Gasteiger partial charge in [-0.3, -0.25) is 0 Å². The van der Waals surface area contributed by atoms with Crippen molar-refractivity contribution in [2.75, 3.05) is 18.6 Å². The number of pyridine rings is 1. The lowest BCUT2D eigenvalue weighted by Crippen LogP contribution is -2.46. The van der Waals surface area contributed by atoms with E-state index in [4.69, 9.17) is 15.5 Å². The van der Waals surface area contributed by atoms with E-state index >= 15 is 0 Å². The van der Waals surface area contributed by atoms with Gasteiger partial charge in [0.2, 0.25) is 10.0 Å². The molecule has 0 atom stereocenters. The SMILES string of the molecule is CCOCc1nc2c(N)nc3cc(-c4ccccc4)ccc3c2n1CC(C)(C)NS(C)(=O)=O. The van der Waals surface area contributed by atoms with Gasteiger partial charge >= 0.3 is 0 Å². The fraction of sp³-hybridized carbons (Fsp3) is 0.333. The third-order valence-corrected chi connectivity index (χ3v) is 6.26. The van der Waals surface area contributed by atoms with Gasteiger partial charge in [-0.25, -0.2) is 23.1 Å². The third-order valence-electron chi connectivity index (χ3n) is 5.34. The van der Waals surface area contributed by atoms with E-state index in [0.717, 1.165) is 33.8 Å². The number of hydrogen-bond donors (Lipinski definition) is 2. The molecule has 0 fully saturated rings. The number of sulfonamides is 1. The number of benzene rings is 2. The maximum absolute atomic E-state index is 11.9. The molecule has 8 nitrogen and oxygen atoms in total. The Morgan fingerprint density at radius 2 is 1.82 bits per heavy atom. The molecule has 4 aromatic rings. The fourth-order valence-electron chi connectivity index (χ4n) is 4.17. The van der Waals surface area contributed by atoms with Gasteiger partial charge in [0.25, 0.3) is 0 Å². The molecule has 33 heavy (non-hydrogen) atoms. The van der Waals surface area contributed by atoms with Crippen LogP contribution in [0, 0.1) is 0 Å². The minimum atomic E-state index is -3.41. The first-order chi connectivity index (χ1) is 15.6. The second-order valence-corrected chi connectivity index (χ2v) is 10.6. The lowest BCUT2D eigenvalue weighted by molar-refractivity contribution is 0.125. The highest BCUT2D eigenvalue weighted by Crippen LogP contribution is 2.32. The van der Waals surface area contributed by atoms with Crippen LogP contribution in [0.2, 0.25) is 0 Å². The van der Waals surface area contributed by atoms with Gasteiger partial charge in [0.05, 0.1) is 17.3 Å². The molecule has 3 N–H and O–H groups in total. The molecule has 174 valence electrons. The van der Waals surface area contributed by atoms with Crippen molar-refractivity contribution in [3.05, 3.63) is 54.4 Å². The van der Waals surface area contributed by atoms with E-state index in [2.05, 4.69) is 15.8 Å². The summed E-state index contributed by atoms with van der Waals surface area (Å²) in [4.78, 5) is 9.36. The largest absolute Gasteiger partial charge is 0.382 e. The van der Waals surface area contributed by atoms with Crippen LogP contribution in [0.3, 0.4) is 0 Å². The number of aromatic nitrogens is 3. The molecule has 0 amide bonds.